The number of nitrogens with zero attached hydrogens (tertiary/aromatic N) is 3. The minimum atomic E-state index is -0.374. The maximum absolute atomic E-state index is 12.1. The fourth-order valence-corrected chi connectivity index (χ4v) is 2.85. The predicted octanol–water partition coefficient (Wildman–Crippen LogP) is -0.487. The maximum atomic E-state index is 12.1. The van der Waals surface area contributed by atoms with E-state index >= 15 is 0 Å². The smallest absolute Gasteiger partial charge is 0.332 e. The van der Waals surface area contributed by atoms with E-state index < -0.39 is 0 Å². The first-order valence-electron chi connectivity index (χ1n) is 7.13. The number of hydrogen-bond acceptors (Lipinski definition) is 5. The fraction of sp³-hybridized carbons (Fsp3) is 0.615. The summed E-state index contributed by atoms with van der Waals surface area (Å²) in [5.74, 6) is 0.544. The van der Waals surface area contributed by atoms with Crippen LogP contribution in [0, 0.1) is 0 Å². The van der Waals surface area contributed by atoms with Crippen molar-refractivity contribution in [3.63, 3.8) is 0 Å². The summed E-state index contributed by atoms with van der Waals surface area (Å²) < 4.78 is 2.46. The first-order chi connectivity index (χ1) is 9.97. The lowest BCUT2D eigenvalue weighted by Gasteiger charge is -2.28. The Morgan fingerprint density at radius 1 is 1.29 bits per heavy atom. The van der Waals surface area contributed by atoms with Gasteiger partial charge in [-0.15, -0.1) is 0 Å². The van der Waals surface area contributed by atoms with Crippen LogP contribution in [-0.2, 0) is 14.1 Å². The number of piperidine rings is 1. The molecule has 0 amide bonds. The number of H-pyrrole nitrogens is 1. The van der Waals surface area contributed by atoms with Crippen LogP contribution in [0.2, 0.25) is 0 Å². The Morgan fingerprint density at radius 2 is 2.05 bits per heavy atom. The van der Waals surface area contributed by atoms with Crippen molar-refractivity contribution in [2.75, 3.05) is 11.9 Å². The van der Waals surface area contributed by atoms with Crippen LogP contribution >= 0.6 is 0 Å². The molecule has 1 saturated heterocycles. The summed E-state index contributed by atoms with van der Waals surface area (Å²) in [4.78, 5) is 31.3. The summed E-state index contributed by atoms with van der Waals surface area (Å²) in [5, 5.41) is 6.71. The van der Waals surface area contributed by atoms with Crippen LogP contribution in [0.4, 0.5) is 5.95 Å². The van der Waals surface area contributed by atoms with Crippen molar-refractivity contribution in [2.24, 2.45) is 14.1 Å². The molecule has 114 valence electrons. The third-order valence-electron chi connectivity index (χ3n) is 4.06. The van der Waals surface area contributed by atoms with E-state index in [2.05, 4.69) is 27.5 Å². The summed E-state index contributed by atoms with van der Waals surface area (Å²) in [6, 6.07) is 0.764. The Labute approximate surface area is 121 Å². The molecule has 2 aromatic heterocycles. The van der Waals surface area contributed by atoms with Crippen LogP contribution in [0.5, 0.6) is 0 Å². The molecule has 0 saturated carbocycles. The van der Waals surface area contributed by atoms with Gasteiger partial charge >= 0.3 is 5.69 Å². The number of hydrogen-bond donors (Lipinski definition) is 3. The predicted molar refractivity (Wildman–Crippen MR) is 80.7 cm³/mol. The quantitative estimate of drug-likeness (QED) is 0.694. The Bertz CT molecular complexity index is 786. The monoisotopic (exact) mass is 292 g/mol. The molecule has 0 spiro atoms. The molecule has 2 atom stereocenters. The van der Waals surface area contributed by atoms with E-state index in [9.17, 15) is 9.59 Å². The summed E-state index contributed by atoms with van der Waals surface area (Å²) in [5.41, 5.74) is 0.00466. The van der Waals surface area contributed by atoms with Crippen LogP contribution in [0.1, 0.15) is 19.8 Å². The highest BCUT2D eigenvalue weighted by molar-refractivity contribution is 5.72. The SMILES string of the molecule is CC1CC(Nc2nc3c([nH]2)c(=O)n(C)c(=O)n3C)CCN1. The number of anilines is 1. The molecule has 21 heavy (non-hydrogen) atoms. The molecular weight excluding hydrogens is 272 g/mol. The number of fused-ring (bicyclic) bond motifs is 1. The first kappa shape index (κ1) is 13.9. The molecular formula is C13H20N6O2. The van der Waals surface area contributed by atoms with E-state index in [1.807, 2.05) is 0 Å². The van der Waals surface area contributed by atoms with Crippen LogP contribution in [0.15, 0.2) is 9.59 Å². The third-order valence-corrected chi connectivity index (χ3v) is 4.06. The van der Waals surface area contributed by atoms with Gasteiger partial charge in [0, 0.05) is 26.2 Å². The zero-order chi connectivity index (χ0) is 15.1. The average molecular weight is 292 g/mol. The molecule has 0 bridgehead atoms. The van der Waals surface area contributed by atoms with E-state index in [-0.39, 0.29) is 11.2 Å². The topological polar surface area (TPSA) is 96.7 Å². The normalized spacial score (nSPS) is 22.6. The zero-order valence-electron chi connectivity index (χ0n) is 12.4. The van der Waals surface area contributed by atoms with Gasteiger partial charge in [0.15, 0.2) is 11.2 Å². The molecule has 0 radical (unpaired) electrons. The van der Waals surface area contributed by atoms with Crippen molar-refractivity contribution >= 4 is 17.1 Å². The van der Waals surface area contributed by atoms with E-state index in [1.165, 1.54) is 11.6 Å². The van der Waals surface area contributed by atoms with Gasteiger partial charge in [0.25, 0.3) is 5.56 Å². The first-order valence-corrected chi connectivity index (χ1v) is 7.13. The Kier molecular flexibility index (Phi) is 3.32. The average Bonchev–Trinajstić information content (AvgIpc) is 2.87. The second kappa shape index (κ2) is 5.03. The van der Waals surface area contributed by atoms with E-state index in [0.717, 1.165) is 24.0 Å². The molecule has 1 aliphatic rings. The molecule has 2 unspecified atom stereocenters. The van der Waals surface area contributed by atoms with Gasteiger partial charge in [-0.2, -0.15) is 4.98 Å². The van der Waals surface area contributed by atoms with Gasteiger partial charge in [-0.3, -0.25) is 13.9 Å². The van der Waals surface area contributed by atoms with Crippen molar-refractivity contribution in [3.05, 3.63) is 20.8 Å². The molecule has 1 aliphatic heterocycles. The largest absolute Gasteiger partial charge is 0.353 e. The summed E-state index contributed by atoms with van der Waals surface area (Å²) in [7, 11) is 3.08. The number of rotatable bonds is 2. The van der Waals surface area contributed by atoms with Crippen LogP contribution < -0.4 is 21.9 Å². The molecule has 3 N–H and O–H groups in total. The molecule has 3 rings (SSSR count). The molecule has 1 fully saturated rings. The summed E-state index contributed by atoms with van der Waals surface area (Å²) >= 11 is 0. The lowest BCUT2D eigenvalue weighted by molar-refractivity contribution is 0.395. The Hall–Kier alpha value is -2.09. The van der Waals surface area contributed by atoms with Crippen molar-refractivity contribution in [1.82, 2.24) is 24.4 Å². The third kappa shape index (κ3) is 2.35. The number of aromatic amines is 1. The minimum Gasteiger partial charge on any atom is -0.353 e. The number of aromatic nitrogens is 4. The van der Waals surface area contributed by atoms with Crippen LogP contribution in [0.25, 0.3) is 11.2 Å². The van der Waals surface area contributed by atoms with Gasteiger partial charge in [0.05, 0.1) is 0 Å². The molecule has 2 aromatic rings. The summed E-state index contributed by atoms with van der Waals surface area (Å²) in [6.45, 7) is 3.10. The van der Waals surface area contributed by atoms with Gasteiger partial charge in [0.2, 0.25) is 5.95 Å². The highest BCUT2D eigenvalue weighted by atomic mass is 16.2. The second-order valence-corrected chi connectivity index (χ2v) is 5.71. The lowest BCUT2D eigenvalue weighted by Crippen LogP contribution is -2.41. The highest BCUT2D eigenvalue weighted by Gasteiger charge is 2.20. The summed E-state index contributed by atoms with van der Waals surface area (Å²) in [6.07, 6.45) is 1.99. The van der Waals surface area contributed by atoms with Crippen molar-refractivity contribution in [2.45, 2.75) is 31.8 Å². The van der Waals surface area contributed by atoms with Crippen molar-refractivity contribution < 1.29 is 0 Å². The maximum Gasteiger partial charge on any atom is 0.332 e. The lowest BCUT2D eigenvalue weighted by atomic mass is 10.0. The van der Waals surface area contributed by atoms with Crippen LogP contribution in [-0.4, -0.2) is 37.7 Å². The number of nitrogens with one attached hydrogen (secondary N) is 3. The van der Waals surface area contributed by atoms with Gasteiger partial charge in [-0.05, 0) is 26.3 Å². The minimum absolute atomic E-state index is 0.308. The van der Waals surface area contributed by atoms with Gasteiger partial charge in [-0.25, -0.2) is 4.79 Å². The highest BCUT2D eigenvalue weighted by Crippen LogP contribution is 2.15. The molecule has 3 heterocycles. The standard InChI is InChI=1S/C13H20N6O2/c1-7-6-8(4-5-14-7)15-12-16-9-10(17-12)18(2)13(21)19(3)11(9)20/h7-8,14H,4-6H2,1-3H3,(H2,15,16,17). The number of aryl methyl sites for hydroxylation is 1. The Morgan fingerprint density at radius 3 is 2.76 bits per heavy atom. The van der Waals surface area contributed by atoms with Crippen molar-refractivity contribution in [1.29, 1.82) is 0 Å². The van der Waals surface area contributed by atoms with E-state index in [4.69, 9.17) is 0 Å². The van der Waals surface area contributed by atoms with E-state index in [0.29, 0.717) is 29.2 Å². The molecule has 8 heteroatoms. The van der Waals surface area contributed by atoms with Crippen LogP contribution in [0.3, 0.4) is 0 Å². The Balaban J connectivity index is 1.98. The number of imidazole rings is 1. The molecule has 0 aliphatic carbocycles. The molecule has 0 aromatic carbocycles. The van der Waals surface area contributed by atoms with Gasteiger partial charge in [-0.1, -0.05) is 0 Å². The second-order valence-electron chi connectivity index (χ2n) is 5.71. The molecule has 8 nitrogen and oxygen atoms in total. The zero-order valence-corrected chi connectivity index (χ0v) is 12.4. The van der Waals surface area contributed by atoms with Gasteiger partial charge < -0.3 is 15.6 Å². The van der Waals surface area contributed by atoms with E-state index in [1.54, 1.807) is 7.05 Å². The van der Waals surface area contributed by atoms with Crippen molar-refractivity contribution in [3.8, 4) is 0 Å². The fourth-order valence-electron chi connectivity index (χ4n) is 2.85. The van der Waals surface area contributed by atoms with Gasteiger partial charge in [0.1, 0.15) is 0 Å².